The number of nitrogens with zero attached hydrogens (tertiary/aromatic N) is 2. The maximum absolute atomic E-state index is 12.7. The molecule has 1 unspecified atom stereocenters. The van der Waals surface area contributed by atoms with Gasteiger partial charge in [0.15, 0.2) is 5.17 Å². The normalized spacial score (nSPS) is 21.5. The van der Waals surface area contributed by atoms with Gasteiger partial charge < -0.3 is 10.6 Å². The Bertz CT molecular complexity index is 815. The summed E-state index contributed by atoms with van der Waals surface area (Å²) < 4.78 is 38.2. The predicted molar refractivity (Wildman–Crippen MR) is 102 cm³/mol. The zero-order chi connectivity index (χ0) is 20.1. The smallest absolute Gasteiger partial charge is 0.326 e. The Hall–Kier alpha value is -2.36. The van der Waals surface area contributed by atoms with E-state index < -0.39 is 22.9 Å². The summed E-state index contributed by atoms with van der Waals surface area (Å²) in [4.78, 5) is 24.2. The number of carbonyl (C=O) groups excluding carboxylic acids is 2. The van der Waals surface area contributed by atoms with Crippen molar-refractivity contribution in [1.29, 1.82) is 0 Å². The minimum Gasteiger partial charge on any atom is -0.326 e. The third-order valence-electron chi connectivity index (χ3n) is 4.33. The second-order valence-corrected chi connectivity index (χ2v) is 7.75. The lowest BCUT2D eigenvalue weighted by molar-refractivity contribution is -0.137. The first-order valence-electron chi connectivity index (χ1n) is 8.89. The summed E-state index contributed by atoms with van der Waals surface area (Å²) in [6, 6.07) is 4.35. The summed E-state index contributed by atoms with van der Waals surface area (Å²) in [5.74, 6) is -0.918. The lowest BCUT2D eigenvalue weighted by Crippen LogP contribution is -2.28. The van der Waals surface area contributed by atoms with E-state index in [1.54, 1.807) is 0 Å². The largest absolute Gasteiger partial charge is 0.416 e. The molecule has 0 aromatic heterocycles. The van der Waals surface area contributed by atoms with Crippen LogP contribution in [-0.2, 0) is 15.8 Å². The summed E-state index contributed by atoms with van der Waals surface area (Å²) in [6.45, 7) is 0. The van der Waals surface area contributed by atoms with Crippen molar-refractivity contribution in [3.63, 3.8) is 0 Å². The first-order valence-corrected chi connectivity index (χ1v) is 9.77. The Morgan fingerprint density at radius 3 is 2.68 bits per heavy atom. The summed E-state index contributed by atoms with van der Waals surface area (Å²) in [5.41, 5.74) is 0.176. The lowest BCUT2D eigenvalue weighted by Gasteiger charge is -2.10. The van der Waals surface area contributed by atoms with Gasteiger partial charge in [0.05, 0.1) is 5.56 Å². The van der Waals surface area contributed by atoms with Gasteiger partial charge in [0, 0.05) is 17.8 Å². The van der Waals surface area contributed by atoms with E-state index in [2.05, 4.69) is 20.8 Å². The monoisotopic (exact) mass is 412 g/mol. The van der Waals surface area contributed by atoms with Crippen molar-refractivity contribution in [2.45, 2.75) is 50.0 Å². The Morgan fingerprint density at radius 1 is 1.21 bits per heavy atom. The zero-order valence-electron chi connectivity index (χ0n) is 14.9. The zero-order valence-corrected chi connectivity index (χ0v) is 15.7. The lowest BCUT2D eigenvalue weighted by atomic mass is 9.99. The van der Waals surface area contributed by atoms with Crippen molar-refractivity contribution in [1.82, 2.24) is 5.32 Å². The van der Waals surface area contributed by atoms with Gasteiger partial charge in [-0.1, -0.05) is 24.2 Å². The summed E-state index contributed by atoms with van der Waals surface area (Å²) in [6.07, 6.45) is 0.485. The van der Waals surface area contributed by atoms with Gasteiger partial charge in [-0.05, 0) is 43.9 Å². The molecule has 2 aliphatic rings. The molecule has 10 heteroatoms. The molecule has 1 aliphatic carbocycles. The Labute approximate surface area is 164 Å². The van der Waals surface area contributed by atoms with Crippen LogP contribution in [0.15, 0.2) is 34.5 Å². The predicted octanol–water partition coefficient (Wildman–Crippen LogP) is 3.94. The fourth-order valence-corrected chi connectivity index (χ4v) is 3.83. The number of benzene rings is 1. The van der Waals surface area contributed by atoms with Gasteiger partial charge in [-0.25, -0.2) is 0 Å². The molecule has 6 nitrogen and oxygen atoms in total. The van der Waals surface area contributed by atoms with Crippen LogP contribution in [-0.4, -0.2) is 27.9 Å². The molecule has 1 aromatic rings. The first kappa shape index (κ1) is 20.4. The average molecular weight is 412 g/mol. The molecule has 2 N–H and O–H groups in total. The van der Waals surface area contributed by atoms with Crippen molar-refractivity contribution >= 4 is 40.1 Å². The molecule has 1 saturated carbocycles. The molecule has 1 saturated heterocycles. The molecule has 2 fully saturated rings. The Balaban J connectivity index is 1.56. The highest BCUT2D eigenvalue weighted by Crippen LogP contribution is 2.31. The van der Waals surface area contributed by atoms with Crippen LogP contribution >= 0.6 is 11.8 Å². The van der Waals surface area contributed by atoms with E-state index in [4.69, 9.17) is 0 Å². The van der Waals surface area contributed by atoms with Gasteiger partial charge in [0.25, 0.3) is 0 Å². The molecule has 2 amide bonds. The second-order valence-electron chi connectivity index (χ2n) is 6.56. The van der Waals surface area contributed by atoms with E-state index in [0.29, 0.717) is 5.17 Å². The molecule has 0 spiro atoms. The third-order valence-corrected chi connectivity index (χ3v) is 5.41. The van der Waals surface area contributed by atoms with Gasteiger partial charge in [-0.3, -0.25) is 9.59 Å². The second kappa shape index (κ2) is 8.76. The number of amides is 2. The maximum Gasteiger partial charge on any atom is 0.416 e. The molecular formula is C18H19F3N4O2S. The minimum atomic E-state index is -4.49. The van der Waals surface area contributed by atoms with E-state index in [0.717, 1.165) is 55.3 Å². The van der Waals surface area contributed by atoms with Crippen LogP contribution in [0.2, 0.25) is 0 Å². The van der Waals surface area contributed by atoms with Crippen LogP contribution in [0, 0.1) is 0 Å². The maximum atomic E-state index is 12.7. The van der Waals surface area contributed by atoms with Gasteiger partial charge in [0.1, 0.15) is 5.25 Å². The van der Waals surface area contributed by atoms with Crippen LogP contribution in [0.5, 0.6) is 0 Å². The number of carbonyl (C=O) groups is 2. The molecular weight excluding hydrogens is 393 g/mol. The Morgan fingerprint density at radius 2 is 1.96 bits per heavy atom. The summed E-state index contributed by atoms with van der Waals surface area (Å²) in [7, 11) is 0. The highest BCUT2D eigenvalue weighted by molar-refractivity contribution is 8.15. The molecule has 1 atom stereocenters. The summed E-state index contributed by atoms with van der Waals surface area (Å²) >= 11 is 1.10. The highest BCUT2D eigenvalue weighted by atomic mass is 32.2. The number of anilines is 1. The van der Waals surface area contributed by atoms with Crippen molar-refractivity contribution in [3.05, 3.63) is 29.8 Å². The fraction of sp³-hybridized carbons (Fsp3) is 0.444. The van der Waals surface area contributed by atoms with Crippen molar-refractivity contribution < 1.29 is 22.8 Å². The highest BCUT2D eigenvalue weighted by Gasteiger charge is 2.33. The van der Waals surface area contributed by atoms with Crippen LogP contribution < -0.4 is 10.6 Å². The van der Waals surface area contributed by atoms with Gasteiger partial charge in [0.2, 0.25) is 11.8 Å². The molecule has 0 bridgehead atoms. The number of nitrogens with one attached hydrogen (secondary N) is 2. The molecule has 28 heavy (non-hydrogen) atoms. The van der Waals surface area contributed by atoms with Crippen molar-refractivity contribution in [3.8, 4) is 0 Å². The van der Waals surface area contributed by atoms with Gasteiger partial charge in [-0.15, -0.1) is 5.10 Å². The molecule has 150 valence electrons. The number of alkyl halides is 3. The van der Waals surface area contributed by atoms with Gasteiger partial charge in [-0.2, -0.15) is 18.3 Å². The number of hydrogen-bond donors (Lipinski definition) is 2. The standard InChI is InChI=1S/C18H19F3N4O2S/c19-18(20,21)11-5-4-8-13(9-11)22-15(26)10-14-16(27)23-17(28-14)25-24-12-6-2-1-3-7-12/h4-5,8-9,14H,1-3,6-7,10H2,(H,22,26)(H,23,25,27). The van der Waals surface area contributed by atoms with Crippen molar-refractivity contribution in [2.24, 2.45) is 10.2 Å². The SMILES string of the molecule is O=C(CC1SC(=NN=C2CCCCC2)NC1=O)Nc1cccc(C(F)(F)F)c1. The summed E-state index contributed by atoms with van der Waals surface area (Å²) in [5, 5.41) is 12.8. The van der Waals surface area contributed by atoms with Crippen molar-refractivity contribution in [2.75, 3.05) is 5.32 Å². The van der Waals surface area contributed by atoms with Crippen LogP contribution in [0.3, 0.4) is 0 Å². The van der Waals surface area contributed by atoms with E-state index in [1.165, 1.54) is 18.6 Å². The molecule has 1 aromatic carbocycles. The topological polar surface area (TPSA) is 82.9 Å². The van der Waals surface area contributed by atoms with Crippen LogP contribution in [0.4, 0.5) is 18.9 Å². The number of halogens is 3. The van der Waals surface area contributed by atoms with Gasteiger partial charge >= 0.3 is 6.18 Å². The van der Waals surface area contributed by atoms with E-state index in [1.807, 2.05) is 0 Å². The molecule has 0 radical (unpaired) electrons. The number of rotatable bonds is 4. The number of amidine groups is 1. The van der Waals surface area contributed by atoms with E-state index in [-0.39, 0.29) is 18.0 Å². The quantitative estimate of drug-likeness (QED) is 0.735. The van der Waals surface area contributed by atoms with E-state index >= 15 is 0 Å². The number of hydrogen-bond acceptors (Lipinski definition) is 5. The molecule has 1 heterocycles. The molecule has 1 aliphatic heterocycles. The fourth-order valence-electron chi connectivity index (χ4n) is 2.92. The first-order chi connectivity index (χ1) is 13.3. The van der Waals surface area contributed by atoms with E-state index in [9.17, 15) is 22.8 Å². The molecule has 3 rings (SSSR count). The average Bonchev–Trinajstić information content (AvgIpc) is 3.00. The van der Waals surface area contributed by atoms with Crippen LogP contribution in [0.25, 0.3) is 0 Å². The van der Waals surface area contributed by atoms with Crippen LogP contribution in [0.1, 0.15) is 44.1 Å². The minimum absolute atomic E-state index is 0.0285. The third kappa shape index (κ3) is 5.57. The Kier molecular flexibility index (Phi) is 6.38. The number of thioether (sulfide) groups is 1.